The van der Waals surface area contributed by atoms with Crippen LogP contribution in [0.1, 0.15) is 27.7 Å². The van der Waals surface area contributed by atoms with Crippen LogP contribution < -0.4 is 0 Å². The SMILES string of the molecule is COC(=O)/C=C(\C)C=NC(C)(C)COC(C)=O. The van der Waals surface area contributed by atoms with Crippen LogP contribution in [0.25, 0.3) is 0 Å². The van der Waals surface area contributed by atoms with E-state index in [1.54, 1.807) is 13.1 Å². The summed E-state index contributed by atoms with van der Waals surface area (Å²) >= 11 is 0. The summed E-state index contributed by atoms with van der Waals surface area (Å²) < 4.78 is 9.36. The first-order valence-corrected chi connectivity index (χ1v) is 5.21. The molecule has 0 spiro atoms. The number of hydrogen-bond acceptors (Lipinski definition) is 5. The summed E-state index contributed by atoms with van der Waals surface area (Å²) in [6, 6.07) is 0. The van der Waals surface area contributed by atoms with Gasteiger partial charge in [0.2, 0.25) is 0 Å². The first kappa shape index (κ1) is 15.3. The minimum absolute atomic E-state index is 0.199. The Morgan fingerprint density at radius 2 is 1.88 bits per heavy atom. The Morgan fingerprint density at radius 1 is 1.29 bits per heavy atom. The number of aliphatic imine (C=N–C) groups is 1. The average molecular weight is 241 g/mol. The second-order valence-electron chi connectivity index (χ2n) is 4.26. The lowest BCUT2D eigenvalue weighted by atomic mass is 10.1. The first-order chi connectivity index (χ1) is 7.76. The van der Waals surface area contributed by atoms with Gasteiger partial charge in [0.05, 0.1) is 12.6 Å². The van der Waals surface area contributed by atoms with E-state index in [1.165, 1.54) is 20.1 Å². The zero-order valence-electron chi connectivity index (χ0n) is 10.9. The number of methoxy groups -OCH3 is 1. The first-order valence-electron chi connectivity index (χ1n) is 5.21. The lowest BCUT2D eigenvalue weighted by Gasteiger charge is -2.18. The molecule has 0 aliphatic carbocycles. The summed E-state index contributed by atoms with van der Waals surface area (Å²) in [6.45, 7) is 6.95. The molecule has 0 aliphatic heterocycles. The molecule has 0 saturated carbocycles. The molecule has 0 aliphatic rings. The van der Waals surface area contributed by atoms with Crippen molar-refractivity contribution in [2.75, 3.05) is 13.7 Å². The van der Waals surface area contributed by atoms with Gasteiger partial charge in [-0.2, -0.15) is 0 Å². The molecular formula is C12H19NO4. The van der Waals surface area contributed by atoms with E-state index in [0.29, 0.717) is 5.57 Å². The molecule has 0 aromatic heterocycles. The van der Waals surface area contributed by atoms with Crippen LogP contribution in [-0.4, -0.2) is 37.4 Å². The minimum atomic E-state index is -0.517. The van der Waals surface area contributed by atoms with E-state index in [2.05, 4.69) is 9.73 Å². The highest BCUT2D eigenvalue weighted by Crippen LogP contribution is 2.09. The molecule has 0 heterocycles. The molecule has 0 atom stereocenters. The summed E-state index contributed by atoms with van der Waals surface area (Å²) in [7, 11) is 1.31. The Bertz CT molecular complexity index is 342. The van der Waals surface area contributed by atoms with Gasteiger partial charge in [0.1, 0.15) is 6.61 Å². The molecule has 0 aromatic carbocycles. The fourth-order valence-electron chi connectivity index (χ4n) is 0.874. The minimum Gasteiger partial charge on any atom is -0.466 e. The molecular weight excluding hydrogens is 222 g/mol. The maximum absolute atomic E-state index is 10.9. The van der Waals surface area contributed by atoms with Crippen molar-refractivity contribution in [3.8, 4) is 0 Å². The summed E-state index contributed by atoms with van der Waals surface area (Å²) in [5, 5.41) is 0. The third-order valence-electron chi connectivity index (χ3n) is 1.79. The van der Waals surface area contributed by atoms with Crippen LogP contribution in [0.3, 0.4) is 0 Å². The molecule has 96 valence electrons. The number of esters is 2. The Hall–Kier alpha value is -1.65. The number of rotatable bonds is 5. The highest BCUT2D eigenvalue weighted by molar-refractivity contribution is 5.91. The lowest BCUT2D eigenvalue weighted by molar-refractivity contribution is -0.142. The van der Waals surface area contributed by atoms with Crippen LogP contribution >= 0.6 is 0 Å². The van der Waals surface area contributed by atoms with Gasteiger partial charge in [-0.3, -0.25) is 9.79 Å². The van der Waals surface area contributed by atoms with Crippen molar-refractivity contribution in [3.63, 3.8) is 0 Å². The van der Waals surface area contributed by atoms with Gasteiger partial charge >= 0.3 is 11.9 Å². The van der Waals surface area contributed by atoms with Crippen molar-refractivity contribution in [2.45, 2.75) is 33.2 Å². The van der Waals surface area contributed by atoms with Crippen molar-refractivity contribution >= 4 is 18.2 Å². The molecule has 0 N–H and O–H groups in total. The fourth-order valence-corrected chi connectivity index (χ4v) is 0.874. The van der Waals surface area contributed by atoms with Gasteiger partial charge < -0.3 is 9.47 Å². The van der Waals surface area contributed by atoms with Gasteiger partial charge in [0, 0.05) is 19.2 Å². The molecule has 0 unspecified atom stereocenters. The normalized spacial score (nSPS) is 12.6. The van der Waals surface area contributed by atoms with Gasteiger partial charge in [-0.25, -0.2) is 4.79 Å². The van der Waals surface area contributed by atoms with E-state index in [0.717, 1.165) is 0 Å². The lowest BCUT2D eigenvalue weighted by Crippen LogP contribution is -2.26. The topological polar surface area (TPSA) is 65.0 Å². The quantitative estimate of drug-likeness (QED) is 0.416. The smallest absolute Gasteiger partial charge is 0.330 e. The van der Waals surface area contributed by atoms with Gasteiger partial charge in [-0.1, -0.05) is 0 Å². The fraction of sp³-hybridized carbons (Fsp3) is 0.583. The molecule has 0 radical (unpaired) electrons. The molecule has 0 fully saturated rings. The van der Waals surface area contributed by atoms with E-state index in [1.807, 2.05) is 13.8 Å². The maximum atomic E-state index is 10.9. The standard InChI is InChI=1S/C12H19NO4/c1-9(6-11(15)16-5)7-13-12(3,4)8-17-10(2)14/h6-7H,8H2,1-5H3/b9-6+,13-7?. The summed E-state index contributed by atoms with van der Waals surface area (Å²) in [4.78, 5) is 25.8. The molecule has 0 bridgehead atoms. The van der Waals surface area contributed by atoms with Gasteiger partial charge in [-0.05, 0) is 26.3 Å². The molecule has 5 nitrogen and oxygen atoms in total. The van der Waals surface area contributed by atoms with E-state index < -0.39 is 11.5 Å². The zero-order chi connectivity index (χ0) is 13.5. The van der Waals surface area contributed by atoms with Gasteiger partial charge in [0.15, 0.2) is 0 Å². The van der Waals surface area contributed by atoms with Crippen molar-refractivity contribution in [2.24, 2.45) is 4.99 Å². The van der Waals surface area contributed by atoms with Crippen molar-refractivity contribution in [3.05, 3.63) is 11.6 Å². The largest absolute Gasteiger partial charge is 0.466 e. The van der Waals surface area contributed by atoms with Crippen molar-refractivity contribution < 1.29 is 19.1 Å². The van der Waals surface area contributed by atoms with Crippen LogP contribution in [0.2, 0.25) is 0 Å². The van der Waals surface area contributed by atoms with Gasteiger partial charge in [0.25, 0.3) is 0 Å². The number of nitrogens with zero attached hydrogens (tertiary/aromatic N) is 1. The molecule has 17 heavy (non-hydrogen) atoms. The Kier molecular flexibility index (Phi) is 6.17. The van der Waals surface area contributed by atoms with Crippen LogP contribution in [0.5, 0.6) is 0 Å². The van der Waals surface area contributed by atoms with Crippen molar-refractivity contribution in [1.29, 1.82) is 0 Å². The molecule has 0 amide bonds. The number of carbonyl (C=O) groups excluding carboxylic acids is 2. The average Bonchev–Trinajstić information content (AvgIpc) is 2.24. The molecule has 0 saturated heterocycles. The highest BCUT2D eigenvalue weighted by atomic mass is 16.5. The zero-order valence-corrected chi connectivity index (χ0v) is 10.9. The van der Waals surface area contributed by atoms with E-state index in [-0.39, 0.29) is 12.6 Å². The summed E-state index contributed by atoms with van der Waals surface area (Å²) in [5.41, 5.74) is 0.157. The van der Waals surface area contributed by atoms with E-state index >= 15 is 0 Å². The number of allylic oxidation sites excluding steroid dienone is 1. The van der Waals surface area contributed by atoms with E-state index in [9.17, 15) is 9.59 Å². The Morgan fingerprint density at radius 3 is 2.35 bits per heavy atom. The van der Waals surface area contributed by atoms with E-state index in [4.69, 9.17) is 4.74 Å². The Labute approximate surface area is 102 Å². The van der Waals surface area contributed by atoms with Crippen LogP contribution in [0, 0.1) is 0 Å². The second kappa shape index (κ2) is 6.83. The van der Waals surface area contributed by atoms with Crippen molar-refractivity contribution in [1.82, 2.24) is 0 Å². The predicted molar refractivity (Wildman–Crippen MR) is 65.0 cm³/mol. The van der Waals surface area contributed by atoms with Gasteiger partial charge in [-0.15, -0.1) is 0 Å². The highest BCUT2D eigenvalue weighted by Gasteiger charge is 2.16. The Balaban J connectivity index is 4.43. The second-order valence-corrected chi connectivity index (χ2v) is 4.26. The molecule has 0 aromatic rings. The molecule has 0 rings (SSSR count). The number of carbonyl (C=O) groups is 2. The van der Waals surface area contributed by atoms with Crippen LogP contribution in [-0.2, 0) is 19.1 Å². The third kappa shape index (κ3) is 8.19. The predicted octanol–water partition coefficient (Wildman–Crippen LogP) is 1.52. The van der Waals surface area contributed by atoms with Crippen LogP contribution in [0.4, 0.5) is 0 Å². The van der Waals surface area contributed by atoms with Crippen LogP contribution in [0.15, 0.2) is 16.6 Å². The summed E-state index contributed by atoms with van der Waals surface area (Å²) in [5.74, 6) is -0.762. The summed E-state index contributed by atoms with van der Waals surface area (Å²) in [6.07, 6.45) is 2.89. The number of ether oxygens (including phenoxy) is 2. The molecule has 5 heteroatoms. The number of hydrogen-bond donors (Lipinski definition) is 0. The maximum Gasteiger partial charge on any atom is 0.330 e. The monoisotopic (exact) mass is 241 g/mol. The third-order valence-corrected chi connectivity index (χ3v) is 1.79.